The number of hydrogen-bond donors (Lipinski definition) is 0. The molecule has 0 unspecified atom stereocenters. The van der Waals surface area contributed by atoms with E-state index in [2.05, 4.69) is 66.5 Å². The van der Waals surface area contributed by atoms with Gasteiger partial charge in [-0.1, -0.05) is 24.3 Å². The van der Waals surface area contributed by atoms with Crippen LogP contribution in [0.5, 0.6) is 0 Å². The van der Waals surface area contributed by atoms with Gasteiger partial charge in [0.15, 0.2) is 0 Å². The largest absolute Gasteiger partial charge is 0.368 e. The Balaban J connectivity index is 1.59. The van der Waals surface area contributed by atoms with Crippen molar-refractivity contribution < 1.29 is 4.79 Å². The lowest BCUT2D eigenvalue weighted by atomic mass is 10.1. The smallest absolute Gasteiger partial charge is 0.253 e. The second kappa shape index (κ2) is 9.29. The number of rotatable bonds is 6. The average molecular weight is 384 g/mol. The van der Waals surface area contributed by atoms with Crippen molar-refractivity contribution in [2.75, 3.05) is 51.4 Å². The van der Waals surface area contributed by atoms with Crippen molar-refractivity contribution in [2.45, 2.75) is 12.3 Å². The molecule has 1 amide bonds. The number of piperazine rings is 1. The number of thioether (sulfide) groups is 1. The van der Waals surface area contributed by atoms with Crippen molar-refractivity contribution in [3.63, 3.8) is 0 Å². The van der Waals surface area contributed by atoms with Crippen molar-refractivity contribution in [3.8, 4) is 0 Å². The van der Waals surface area contributed by atoms with Gasteiger partial charge >= 0.3 is 0 Å². The summed E-state index contributed by atoms with van der Waals surface area (Å²) in [6.45, 7) is 4.23. The van der Waals surface area contributed by atoms with Gasteiger partial charge in [-0.3, -0.25) is 4.79 Å². The van der Waals surface area contributed by atoms with Crippen LogP contribution in [-0.2, 0) is 12.3 Å². The number of carbonyl (C=O) groups is 1. The number of amides is 1. The van der Waals surface area contributed by atoms with Crippen LogP contribution in [0.3, 0.4) is 0 Å². The van der Waals surface area contributed by atoms with Crippen molar-refractivity contribution in [3.05, 3.63) is 65.2 Å². The number of hydrogen-bond acceptors (Lipinski definition) is 4. The highest BCUT2D eigenvalue weighted by molar-refractivity contribution is 7.97. The summed E-state index contributed by atoms with van der Waals surface area (Å²) in [4.78, 5) is 19.3. The summed E-state index contributed by atoms with van der Waals surface area (Å²) in [7, 11) is 4.18. The molecule has 0 saturated carbocycles. The van der Waals surface area contributed by atoms with E-state index in [-0.39, 0.29) is 5.91 Å². The molecule has 4 nitrogen and oxygen atoms in total. The van der Waals surface area contributed by atoms with Crippen LogP contribution in [0.2, 0.25) is 0 Å². The molecule has 27 heavy (non-hydrogen) atoms. The zero-order chi connectivity index (χ0) is 19.2. The fourth-order valence-electron chi connectivity index (χ4n) is 3.48. The molecule has 1 aliphatic rings. The molecule has 0 N–H and O–H groups in total. The first-order valence-electron chi connectivity index (χ1n) is 9.42. The summed E-state index contributed by atoms with van der Waals surface area (Å²) >= 11 is 1.80. The molecule has 3 rings (SSSR count). The van der Waals surface area contributed by atoms with Gasteiger partial charge < -0.3 is 14.7 Å². The number of benzene rings is 2. The van der Waals surface area contributed by atoms with E-state index < -0.39 is 0 Å². The van der Waals surface area contributed by atoms with Crippen LogP contribution in [0.15, 0.2) is 48.5 Å². The first-order valence-corrected chi connectivity index (χ1v) is 10.8. The number of carbonyl (C=O) groups excluding carboxylic acids is 1. The van der Waals surface area contributed by atoms with Crippen LogP contribution < -0.4 is 4.90 Å². The van der Waals surface area contributed by atoms with Crippen LogP contribution in [-0.4, -0.2) is 62.2 Å². The Morgan fingerprint density at radius 1 is 1.00 bits per heavy atom. The van der Waals surface area contributed by atoms with Gasteiger partial charge in [-0.05, 0) is 55.7 Å². The molecule has 0 aliphatic carbocycles. The molecular weight excluding hydrogens is 354 g/mol. The van der Waals surface area contributed by atoms with E-state index in [1.165, 1.54) is 16.8 Å². The van der Waals surface area contributed by atoms with Gasteiger partial charge in [-0.15, -0.1) is 0 Å². The van der Waals surface area contributed by atoms with Gasteiger partial charge in [0.2, 0.25) is 0 Å². The maximum absolute atomic E-state index is 12.8. The molecule has 144 valence electrons. The van der Waals surface area contributed by atoms with Crippen molar-refractivity contribution in [1.82, 2.24) is 9.80 Å². The third-order valence-corrected chi connectivity index (χ3v) is 5.48. The number of nitrogens with zero attached hydrogens (tertiary/aromatic N) is 3. The molecular formula is C22H29N3OS. The van der Waals surface area contributed by atoms with E-state index in [0.29, 0.717) is 0 Å². The van der Waals surface area contributed by atoms with E-state index in [0.717, 1.165) is 44.0 Å². The standard InChI is InChI=1S/C22H29N3OS/c1-23(2)16-19-5-4-6-21(15-19)24-11-13-25(14-12-24)22(26)20-9-7-18(8-10-20)17-27-3/h4-10,15H,11-14,16-17H2,1-3H3. The maximum Gasteiger partial charge on any atom is 0.253 e. The highest BCUT2D eigenvalue weighted by Gasteiger charge is 2.22. The normalized spacial score (nSPS) is 14.7. The lowest BCUT2D eigenvalue weighted by Gasteiger charge is -2.36. The molecule has 5 heteroatoms. The second-order valence-corrected chi connectivity index (χ2v) is 8.18. The Morgan fingerprint density at radius 2 is 1.70 bits per heavy atom. The summed E-state index contributed by atoms with van der Waals surface area (Å²) in [5, 5.41) is 0. The Labute approximate surface area is 167 Å². The molecule has 2 aromatic rings. The summed E-state index contributed by atoms with van der Waals surface area (Å²) < 4.78 is 0. The molecule has 0 aromatic heterocycles. The highest BCUT2D eigenvalue weighted by atomic mass is 32.2. The minimum absolute atomic E-state index is 0.145. The van der Waals surface area contributed by atoms with Crippen LogP contribution in [0.25, 0.3) is 0 Å². The zero-order valence-electron chi connectivity index (χ0n) is 16.5. The van der Waals surface area contributed by atoms with E-state index in [9.17, 15) is 4.79 Å². The predicted molar refractivity (Wildman–Crippen MR) is 116 cm³/mol. The van der Waals surface area contributed by atoms with Gasteiger partial charge in [-0.2, -0.15) is 11.8 Å². The minimum atomic E-state index is 0.145. The van der Waals surface area contributed by atoms with Crippen LogP contribution >= 0.6 is 11.8 Å². The molecule has 1 fully saturated rings. The van der Waals surface area contributed by atoms with Gasteiger partial charge in [-0.25, -0.2) is 0 Å². The molecule has 1 heterocycles. The predicted octanol–water partition coefficient (Wildman–Crippen LogP) is 3.57. The quantitative estimate of drug-likeness (QED) is 0.762. The van der Waals surface area contributed by atoms with Gasteiger partial charge in [0.05, 0.1) is 0 Å². The Kier molecular flexibility index (Phi) is 6.80. The van der Waals surface area contributed by atoms with Crippen LogP contribution in [0, 0.1) is 0 Å². The monoisotopic (exact) mass is 383 g/mol. The summed E-state index contributed by atoms with van der Waals surface area (Å²) in [6.07, 6.45) is 2.09. The van der Waals surface area contributed by atoms with E-state index in [1.54, 1.807) is 11.8 Å². The third-order valence-electron chi connectivity index (χ3n) is 4.85. The van der Waals surface area contributed by atoms with E-state index in [1.807, 2.05) is 17.0 Å². The van der Waals surface area contributed by atoms with E-state index >= 15 is 0 Å². The highest BCUT2D eigenvalue weighted by Crippen LogP contribution is 2.20. The molecule has 1 saturated heterocycles. The number of anilines is 1. The fraction of sp³-hybridized carbons (Fsp3) is 0.409. The van der Waals surface area contributed by atoms with Gasteiger partial charge in [0.1, 0.15) is 0 Å². The third kappa shape index (κ3) is 5.27. The van der Waals surface area contributed by atoms with Gasteiger partial charge in [0, 0.05) is 49.7 Å². The molecule has 0 bridgehead atoms. The lowest BCUT2D eigenvalue weighted by molar-refractivity contribution is 0.0747. The SMILES string of the molecule is CSCc1ccc(C(=O)N2CCN(c3cccc(CN(C)C)c3)CC2)cc1. The second-order valence-electron chi connectivity index (χ2n) is 7.32. The Bertz CT molecular complexity index is 752. The van der Waals surface area contributed by atoms with Gasteiger partial charge in [0.25, 0.3) is 5.91 Å². The maximum atomic E-state index is 12.8. The molecule has 0 radical (unpaired) electrons. The summed E-state index contributed by atoms with van der Waals surface area (Å²) in [6, 6.07) is 16.8. The van der Waals surface area contributed by atoms with Crippen LogP contribution in [0.4, 0.5) is 5.69 Å². The zero-order valence-corrected chi connectivity index (χ0v) is 17.3. The Hall–Kier alpha value is -1.98. The minimum Gasteiger partial charge on any atom is -0.368 e. The first kappa shape index (κ1) is 19.8. The topological polar surface area (TPSA) is 26.8 Å². The first-order chi connectivity index (χ1) is 13.1. The Morgan fingerprint density at radius 3 is 2.33 bits per heavy atom. The average Bonchev–Trinajstić information content (AvgIpc) is 2.68. The van der Waals surface area contributed by atoms with E-state index in [4.69, 9.17) is 0 Å². The van der Waals surface area contributed by atoms with Crippen molar-refractivity contribution in [1.29, 1.82) is 0 Å². The summed E-state index contributed by atoms with van der Waals surface area (Å²) in [5.41, 5.74) is 4.63. The summed E-state index contributed by atoms with van der Waals surface area (Å²) in [5.74, 6) is 1.13. The lowest BCUT2D eigenvalue weighted by Crippen LogP contribution is -2.48. The van der Waals surface area contributed by atoms with Crippen molar-refractivity contribution in [2.24, 2.45) is 0 Å². The molecule has 0 atom stereocenters. The fourth-order valence-corrected chi connectivity index (χ4v) is 4.00. The molecule has 2 aromatic carbocycles. The van der Waals surface area contributed by atoms with Crippen LogP contribution in [0.1, 0.15) is 21.5 Å². The van der Waals surface area contributed by atoms with Crippen molar-refractivity contribution >= 4 is 23.4 Å². The molecule has 0 spiro atoms. The molecule has 1 aliphatic heterocycles.